The number of carbonyl (C=O) groups is 1. The van der Waals surface area contributed by atoms with E-state index in [1.165, 1.54) is 17.6 Å². The summed E-state index contributed by atoms with van der Waals surface area (Å²) < 4.78 is 31.9. The number of hydrogen-bond acceptors (Lipinski definition) is 6. The molecule has 0 amide bonds. The monoisotopic (exact) mass is 316 g/mol. The van der Waals surface area contributed by atoms with E-state index in [2.05, 4.69) is 9.71 Å². The third kappa shape index (κ3) is 2.89. The Bertz CT molecular complexity index is 732. The van der Waals surface area contributed by atoms with Crippen LogP contribution in [0.15, 0.2) is 27.0 Å². The van der Waals surface area contributed by atoms with Crippen LogP contribution >= 0.6 is 11.3 Å². The summed E-state index contributed by atoms with van der Waals surface area (Å²) in [6.45, 7) is 3.26. The lowest BCUT2D eigenvalue weighted by Gasteiger charge is -2.10. The predicted molar refractivity (Wildman–Crippen MR) is 71.3 cm³/mol. The molecule has 0 aliphatic heterocycles. The number of aromatic carboxylic acids is 1. The van der Waals surface area contributed by atoms with Crippen molar-refractivity contribution in [3.63, 3.8) is 0 Å². The van der Waals surface area contributed by atoms with Gasteiger partial charge in [-0.2, -0.15) is 4.72 Å². The zero-order chi connectivity index (χ0) is 14.9. The maximum absolute atomic E-state index is 12.2. The van der Waals surface area contributed by atoms with E-state index in [1.807, 2.05) is 0 Å². The molecule has 2 aromatic rings. The lowest BCUT2D eigenvalue weighted by Crippen LogP contribution is -2.27. The maximum Gasteiger partial charge on any atom is 0.347 e. The van der Waals surface area contributed by atoms with Crippen molar-refractivity contribution >= 4 is 27.3 Å². The Morgan fingerprint density at radius 3 is 2.80 bits per heavy atom. The molecule has 2 aromatic heterocycles. The van der Waals surface area contributed by atoms with Gasteiger partial charge in [0.15, 0.2) is 0 Å². The molecule has 9 heteroatoms. The summed E-state index contributed by atoms with van der Waals surface area (Å²) in [7, 11) is -3.95. The fourth-order valence-electron chi connectivity index (χ4n) is 1.58. The molecule has 7 nitrogen and oxygen atoms in total. The number of nitrogens with zero attached hydrogens (tertiary/aromatic N) is 1. The molecule has 0 saturated heterocycles. The highest BCUT2D eigenvalue weighted by Crippen LogP contribution is 2.24. The third-order valence-corrected chi connectivity index (χ3v) is 5.07. The van der Waals surface area contributed by atoms with Crippen molar-refractivity contribution in [2.75, 3.05) is 0 Å². The number of aromatic nitrogens is 1. The standard InChI is InChI=1S/C11H12N2O5S2/c1-6-5-12-10(18-6)7(2)13-20(16,17)8-3-4-19-9(8)11(14)15/h3-5,7,13H,1-2H3,(H,14,15). The van der Waals surface area contributed by atoms with E-state index >= 15 is 0 Å². The number of oxazole rings is 1. The molecule has 1 atom stereocenters. The smallest absolute Gasteiger partial charge is 0.347 e. The van der Waals surface area contributed by atoms with Gasteiger partial charge >= 0.3 is 5.97 Å². The van der Waals surface area contributed by atoms with E-state index in [4.69, 9.17) is 9.52 Å². The van der Waals surface area contributed by atoms with Crippen LogP contribution in [0.3, 0.4) is 0 Å². The second-order valence-corrected chi connectivity index (χ2v) is 6.67. The zero-order valence-corrected chi connectivity index (χ0v) is 12.3. The molecule has 0 fully saturated rings. The Labute approximate surface area is 119 Å². The highest BCUT2D eigenvalue weighted by molar-refractivity contribution is 7.89. The minimum atomic E-state index is -3.95. The van der Waals surface area contributed by atoms with Gasteiger partial charge in [0.05, 0.1) is 12.2 Å². The molecule has 0 bridgehead atoms. The van der Waals surface area contributed by atoms with Gasteiger partial charge in [-0.15, -0.1) is 11.3 Å². The zero-order valence-electron chi connectivity index (χ0n) is 10.7. The van der Waals surface area contributed by atoms with Crippen LogP contribution in [0, 0.1) is 6.92 Å². The summed E-state index contributed by atoms with van der Waals surface area (Å²) >= 11 is 0.854. The van der Waals surface area contributed by atoms with Gasteiger partial charge < -0.3 is 9.52 Å². The Morgan fingerprint density at radius 2 is 2.25 bits per heavy atom. The minimum Gasteiger partial charge on any atom is -0.477 e. The number of rotatable bonds is 5. The predicted octanol–water partition coefficient (Wildman–Crippen LogP) is 1.78. The molecule has 0 spiro atoms. The number of thiophene rings is 1. The molecule has 1 unspecified atom stereocenters. The topological polar surface area (TPSA) is 110 Å². The lowest BCUT2D eigenvalue weighted by molar-refractivity contribution is 0.0698. The Kier molecular flexibility index (Phi) is 3.93. The van der Waals surface area contributed by atoms with Gasteiger partial charge in [-0.1, -0.05) is 0 Å². The third-order valence-electron chi connectivity index (χ3n) is 2.45. The van der Waals surface area contributed by atoms with E-state index in [0.29, 0.717) is 5.76 Å². The van der Waals surface area contributed by atoms with E-state index < -0.39 is 22.0 Å². The molecule has 0 radical (unpaired) electrons. The van der Waals surface area contributed by atoms with Crippen LogP contribution in [0.5, 0.6) is 0 Å². The van der Waals surface area contributed by atoms with Crippen molar-refractivity contribution in [1.29, 1.82) is 0 Å². The first kappa shape index (κ1) is 14.7. The van der Waals surface area contributed by atoms with Crippen molar-refractivity contribution in [3.8, 4) is 0 Å². The molecular formula is C11H12N2O5S2. The summed E-state index contributed by atoms with van der Waals surface area (Å²) in [5, 5.41) is 10.4. The van der Waals surface area contributed by atoms with Crippen LogP contribution < -0.4 is 4.72 Å². The first-order valence-electron chi connectivity index (χ1n) is 5.56. The summed E-state index contributed by atoms with van der Waals surface area (Å²) in [5.74, 6) is -0.494. The molecule has 108 valence electrons. The van der Waals surface area contributed by atoms with Gasteiger partial charge in [-0.05, 0) is 25.3 Å². The van der Waals surface area contributed by atoms with E-state index in [1.54, 1.807) is 13.8 Å². The van der Waals surface area contributed by atoms with Gasteiger partial charge in [0, 0.05) is 0 Å². The molecule has 2 rings (SSSR count). The van der Waals surface area contributed by atoms with Crippen LogP contribution in [0.1, 0.15) is 34.3 Å². The van der Waals surface area contributed by atoms with Crippen molar-refractivity contribution < 1.29 is 22.7 Å². The molecule has 2 heterocycles. The average molecular weight is 316 g/mol. The van der Waals surface area contributed by atoms with Gasteiger partial charge in [0.25, 0.3) is 0 Å². The number of aryl methyl sites for hydroxylation is 1. The van der Waals surface area contributed by atoms with Crippen LogP contribution in [0.4, 0.5) is 0 Å². The summed E-state index contributed by atoms with van der Waals surface area (Å²) in [6.07, 6.45) is 1.48. The van der Waals surface area contributed by atoms with Crippen LogP contribution in [0.25, 0.3) is 0 Å². The Hall–Kier alpha value is -1.71. The number of carboxylic acids is 1. The first-order valence-corrected chi connectivity index (χ1v) is 7.93. The fourth-order valence-corrected chi connectivity index (χ4v) is 4.04. The number of nitrogens with one attached hydrogen (secondary N) is 1. The van der Waals surface area contributed by atoms with Crippen molar-refractivity contribution in [2.45, 2.75) is 24.8 Å². The normalized spacial score (nSPS) is 13.3. The molecule has 0 aliphatic carbocycles. The number of sulfonamides is 1. The Morgan fingerprint density at radius 1 is 1.55 bits per heavy atom. The van der Waals surface area contributed by atoms with Gasteiger partial charge in [-0.3, -0.25) is 0 Å². The maximum atomic E-state index is 12.2. The molecule has 20 heavy (non-hydrogen) atoms. The van der Waals surface area contributed by atoms with Crippen molar-refractivity contribution in [1.82, 2.24) is 9.71 Å². The SMILES string of the molecule is Cc1cnc(C(C)NS(=O)(=O)c2ccsc2C(=O)O)o1. The van der Waals surface area contributed by atoms with Gasteiger partial charge in [0.2, 0.25) is 15.9 Å². The Balaban J connectivity index is 2.27. The molecule has 0 aromatic carbocycles. The second-order valence-electron chi connectivity index (χ2n) is 4.07. The van der Waals surface area contributed by atoms with E-state index in [9.17, 15) is 13.2 Å². The average Bonchev–Trinajstić information content (AvgIpc) is 2.96. The van der Waals surface area contributed by atoms with Crippen LogP contribution in [0.2, 0.25) is 0 Å². The van der Waals surface area contributed by atoms with E-state index in [-0.39, 0.29) is 15.7 Å². The summed E-state index contributed by atoms with van der Waals surface area (Å²) in [4.78, 5) is 14.4. The first-order chi connectivity index (χ1) is 9.31. The van der Waals surface area contributed by atoms with Crippen LogP contribution in [-0.4, -0.2) is 24.5 Å². The number of carboxylic acid groups (broad SMARTS) is 1. The molecule has 0 aliphatic rings. The second kappa shape index (κ2) is 5.35. The summed E-state index contributed by atoms with van der Waals surface area (Å²) in [5.41, 5.74) is 0. The molecular weight excluding hydrogens is 304 g/mol. The van der Waals surface area contributed by atoms with Crippen LogP contribution in [-0.2, 0) is 10.0 Å². The largest absolute Gasteiger partial charge is 0.477 e. The van der Waals surface area contributed by atoms with Gasteiger partial charge in [0.1, 0.15) is 15.5 Å². The summed E-state index contributed by atoms with van der Waals surface area (Å²) in [6, 6.07) is 0.555. The molecule has 0 saturated carbocycles. The molecule has 2 N–H and O–H groups in total. The number of hydrogen-bond donors (Lipinski definition) is 2. The van der Waals surface area contributed by atoms with E-state index in [0.717, 1.165) is 11.3 Å². The van der Waals surface area contributed by atoms with Crippen molar-refractivity contribution in [3.05, 3.63) is 34.2 Å². The van der Waals surface area contributed by atoms with Gasteiger partial charge in [-0.25, -0.2) is 18.2 Å². The quantitative estimate of drug-likeness (QED) is 0.870. The lowest BCUT2D eigenvalue weighted by atomic mass is 10.4. The highest BCUT2D eigenvalue weighted by Gasteiger charge is 2.27. The fraction of sp³-hybridized carbons (Fsp3) is 0.273. The minimum absolute atomic E-state index is 0.221. The highest BCUT2D eigenvalue weighted by atomic mass is 32.2. The van der Waals surface area contributed by atoms with Crippen molar-refractivity contribution in [2.24, 2.45) is 0 Å².